The average molecular weight is 314 g/mol. The molecule has 0 spiro atoms. The molecular formula is C13H20BrN3O. The summed E-state index contributed by atoms with van der Waals surface area (Å²) in [5, 5.41) is 0. The number of nitrogens with two attached hydrogens (primary N) is 1. The number of hydrogen-bond acceptors (Lipinski definition) is 2. The van der Waals surface area contributed by atoms with Gasteiger partial charge < -0.3 is 15.2 Å². The molecule has 0 aromatic carbocycles. The largest absolute Gasteiger partial charge is 0.345 e. The number of carbonyl (C=O) groups excluding carboxylic acids is 1. The van der Waals surface area contributed by atoms with E-state index in [2.05, 4.69) is 15.9 Å². The molecule has 2 heterocycles. The molecule has 0 bridgehead atoms. The van der Waals surface area contributed by atoms with Crippen LogP contribution in [0.25, 0.3) is 0 Å². The van der Waals surface area contributed by atoms with Crippen LogP contribution in [0.2, 0.25) is 0 Å². The third-order valence-corrected chi connectivity index (χ3v) is 4.04. The summed E-state index contributed by atoms with van der Waals surface area (Å²) in [6.45, 7) is 2.80. The molecule has 1 fully saturated rings. The number of aryl methyl sites for hydroxylation is 1. The van der Waals surface area contributed by atoms with Crippen LogP contribution in [0, 0.1) is 0 Å². The van der Waals surface area contributed by atoms with Crippen molar-refractivity contribution in [1.82, 2.24) is 9.47 Å². The number of nitrogens with zero attached hydrogens (tertiary/aromatic N) is 2. The minimum atomic E-state index is 0.0259. The molecule has 100 valence electrons. The monoisotopic (exact) mass is 313 g/mol. The Bertz CT molecular complexity index is 441. The lowest BCUT2D eigenvalue weighted by atomic mass is 9.96. The van der Waals surface area contributed by atoms with Crippen molar-refractivity contribution in [3.8, 4) is 0 Å². The summed E-state index contributed by atoms with van der Waals surface area (Å²) in [7, 11) is 1.89. The van der Waals surface area contributed by atoms with Crippen molar-refractivity contribution >= 4 is 21.8 Å². The van der Waals surface area contributed by atoms with E-state index < -0.39 is 0 Å². The van der Waals surface area contributed by atoms with Gasteiger partial charge in [-0.05, 0) is 48.2 Å². The zero-order valence-corrected chi connectivity index (χ0v) is 12.5. The summed E-state index contributed by atoms with van der Waals surface area (Å²) in [5.74, 6) is 0.0881. The van der Waals surface area contributed by atoms with Crippen LogP contribution in [-0.2, 0) is 7.05 Å². The van der Waals surface area contributed by atoms with Gasteiger partial charge in [0.05, 0.1) is 0 Å². The first kappa shape index (κ1) is 13.6. The molecule has 0 saturated carbocycles. The normalized spacial score (nSPS) is 22.0. The molecule has 1 saturated heterocycles. The van der Waals surface area contributed by atoms with Gasteiger partial charge in [0.15, 0.2) is 0 Å². The van der Waals surface area contributed by atoms with E-state index in [0.717, 1.165) is 36.0 Å². The molecule has 1 amide bonds. The second kappa shape index (κ2) is 5.45. The molecule has 2 rings (SSSR count). The van der Waals surface area contributed by atoms with Gasteiger partial charge in [0.2, 0.25) is 0 Å². The zero-order chi connectivity index (χ0) is 13.3. The number of likely N-dealkylation sites (tertiary alicyclic amines) is 1. The standard InChI is InChI=1S/C13H20BrN3O/c1-9(15)11-5-3-4-6-17(11)13(18)12-7-10(14)8-16(12)2/h7-9,11H,3-6,15H2,1-2H3/t9-,11+/m1/s1. The minimum absolute atomic E-state index is 0.0259. The summed E-state index contributed by atoms with van der Waals surface area (Å²) in [6.07, 6.45) is 5.14. The third-order valence-electron chi connectivity index (χ3n) is 3.61. The van der Waals surface area contributed by atoms with E-state index in [0.29, 0.717) is 0 Å². The highest BCUT2D eigenvalue weighted by molar-refractivity contribution is 9.10. The fraction of sp³-hybridized carbons (Fsp3) is 0.615. The van der Waals surface area contributed by atoms with E-state index >= 15 is 0 Å². The molecule has 0 aliphatic carbocycles. The summed E-state index contributed by atoms with van der Waals surface area (Å²) in [6, 6.07) is 2.06. The maximum absolute atomic E-state index is 12.6. The number of piperidine rings is 1. The Morgan fingerprint density at radius 1 is 1.56 bits per heavy atom. The van der Waals surface area contributed by atoms with Gasteiger partial charge in [-0.25, -0.2) is 0 Å². The van der Waals surface area contributed by atoms with E-state index in [1.165, 1.54) is 0 Å². The molecule has 18 heavy (non-hydrogen) atoms. The Morgan fingerprint density at radius 3 is 2.83 bits per heavy atom. The van der Waals surface area contributed by atoms with Gasteiger partial charge in [0, 0.05) is 36.3 Å². The predicted molar refractivity (Wildman–Crippen MR) is 75.4 cm³/mol. The number of amides is 1. The highest BCUT2D eigenvalue weighted by Crippen LogP contribution is 2.23. The maximum Gasteiger partial charge on any atom is 0.270 e. The molecule has 2 atom stereocenters. The van der Waals surface area contributed by atoms with Gasteiger partial charge in [-0.15, -0.1) is 0 Å². The number of carbonyl (C=O) groups is 1. The molecule has 4 nitrogen and oxygen atoms in total. The first-order valence-electron chi connectivity index (χ1n) is 6.39. The van der Waals surface area contributed by atoms with E-state index in [4.69, 9.17) is 5.73 Å². The molecular weight excluding hydrogens is 294 g/mol. The summed E-state index contributed by atoms with van der Waals surface area (Å²) < 4.78 is 2.79. The van der Waals surface area contributed by atoms with Crippen molar-refractivity contribution in [2.75, 3.05) is 6.54 Å². The van der Waals surface area contributed by atoms with Crippen LogP contribution in [0.4, 0.5) is 0 Å². The van der Waals surface area contributed by atoms with E-state index in [9.17, 15) is 4.79 Å². The second-order valence-electron chi connectivity index (χ2n) is 5.08. The summed E-state index contributed by atoms with van der Waals surface area (Å²) in [5.41, 5.74) is 6.72. The number of halogens is 1. The van der Waals surface area contributed by atoms with Crippen LogP contribution >= 0.6 is 15.9 Å². The van der Waals surface area contributed by atoms with Gasteiger partial charge in [0.25, 0.3) is 5.91 Å². The van der Waals surface area contributed by atoms with E-state index in [-0.39, 0.29) is 18.0 Å². The topological polar surface area (TPSA) is 51.3 Å². The number of aromatic nitrogens is 1. The lowest BCUT2D eigenvalue weighted by Crippen LogP contribution is -2.52. The van der Waals surface area contributed by atoms with Crippen molar-refractivity contribution in [3.05, 3.63) is 22.4 Å². The highest BCUT2D eigenvalue weighted by Gasteiger charge is 2.30. The lowest BCUT2D eigenvalue weighted by molar-refractivity contribution is 0.0574. The molecule has 1 aromatic rings. The molecule has 1 aromatic heterocycles. The molecule has 0 unspecified atom stereocenters. The Labute approximate surface area is 116 Å². The second-order valence-corrected chi connectivity index (χ2v) is 5.99. The van der Waals surface area contributed by atoms with Gasteiger partial charge in [-0.1, -0.05) is 0 Å². The van der Waals surface area contributed by atoms with Crippen molar-refractivity contribution in [2.45, 2.75) is 38.3 Å². The Balaban J connectivity index is 2.23. The number of rotatable bonds is 2. The van der Waals surface area contributed by atoms with Crippen LogP contribution in [0.3, 0.4) is 0 Å². The maximum atomic E-state index is 12.6. The first-order valence-corrected chi connectivity index (χ1v) is 7.18. The smallest absolute Gasteiger partial charge is 0.270 e. The van der Waals surface area contributed by atoms with Crippen molar-refractivity contribution in [3.63, 3.8) is 0 Å². The molecule has 2 N–H and O–H groups in total. The third kappa shape index (κ3) is 2.62. The predicted octanol–water partition coefficient (Wildman–Crippen LogP) is 2.13. The van der Waals surface area contributed by atoms with Crippen LogP contribution in [-0.4, -0.2) is 34.0 Å². The van der Waals surface area contributed by atoms with Gasteiger partial charge in [-0.3, -0.25) is 4.79 Å². The van der Waals surface area contributed by atoms with Crippen LogP contribution in [0.5, 0.6) is 0 Å². The first-order chi connectivity index (χ1) is 8.50. The molecule has 5 heteroatoms. The Hall–Kier alpha value is -0.810. The molecule has 1 aliphatic rings. The lowest BCUT2D eigenvalue weighted by Gasteiger charge is -2.38. The van der Waals surface area contributed by atoms with Gasteiger partial charge >= 0.3 is 0 Å². The van der Waals surface area contributed by atoms with Crippen LogP contribution < -0.4 is 5.73 Å². The fourth-order valence-electron chi connectivity index (χ4n) is 2.64. The Kier molecular flexibility index (Phi) is 4.12. The molecule has 1 aliphatic heterocycles. The average Bonchev–Trinajstić information content (AvgIpc) is 2.67. The van der Waals surface area contributed by atoms with E-state index in [1.807, 2.05) is 35.7 Å². The number of hydrogen-bond donors (Lipinski definition) is 1. The zero-order valence-electron chi connectivity index (χ0n) is 10.9. The SMILES string of the molecule is C[C@@H](N)[C@@H]1CCCCN1C(=O)c1cc(Br)cn1C. The Morgan fingerprint density at radius 2 is 2.28 bits per heavy atom. The van der Waals surface area contributed by atoms with Gasteiger partial charge in [0.1, 0.15) is 5.69 Å². The fourth-order valence-corrected chi connectivity index (χ4v) is 3.16. The van der Waals surface area contributed by atoms with E-state index in [1.54, 1.807) is 0 Å². The van der Waals surface area contributed by atoms with Crippen molar-refractivity contribution < 1.29 is 4.79 Å². The summed E-state index contributed by atoms with van der Waals surface area (Å²) >= 11 is 3.40. The minimum Gasteiger partial charge on any atom is -0.345 e. The van der Waals surface area contributed by atoms with Crippen molar-refractivity contribution in [1.29, 1.82) is 0 Å². The van der Waals surface area contributed by atoms with Crippen molar-refractivity contribution in [2.24, 2.45) is 12.8 Å². The molecule has 0 radical (unpaired) electrons. The summed E-state index contributed by atoms with van der Waals surface area (Å²) in [4.78, 5) is 14.5. The van der Waals surface area contributed by atoms with Crippen LogP contribution in [0.1, 0.15) is 36.7 Å². The van der Waals surface area contributed by atoms with Crippen LogP contribution in [0.15, 0.2) is 16.7 Å². The quantitative estimate of drug-likeness (QED) is 0.909. The highest BCUT2D eigenvalue weighted by atomic mass is 79.9. The van der Waals surface area contributed by atoms with Gasteiger partial charge in [-0.2, -0.15) is 0 Å².